The van der Waals surface area contributed by atoms with E-state index < -0.39 is 5.97 Å². The second kappa shape index (κ2) is 7.26. The lowest BCUT2D eigenvalue weighted by molar-refractivity contribution is 0.0466. The van der Waals surface area contributed by atoms with E-state index in [0.717, 1.165) is 5.56 Å². The van der Waals surface area contributed by atoms with Crippen molar-refractivity contribution in [3.8, 4) is 16.6 Å². The molecule has 0 spiro atoms. The van der Waals surface area contributed by atoms with Gasteiger partial charge in [-0.2, -0.15) is 5.26 Å². The molecule has 0 N–H and O–H groups in total. The Balaban J connectivity index is 1.71. The Morgan fingerprint density at radius 3 is 2.88 bits per heavy atom. The van der Waals surface area contributed by atoms with E-state index in [4.69, 9.17) is 21.6 Å². The van der Waals surface area contributed by atoms with E-state index in [2.05, 4.69) is 11.1 Å². The number of hydrogen-bond donors (Lipinski definition) is 0. The van der Waals surface area contributed by atoms with Crippen LogP contribution >= 0.6 is 22.9 Å². The van der Waals surface area contributed by atoms with Gasteiger partial charge in [-0.05, 0) is 18.2 Å². The molecule has 0 saturated carbocycles. The quantitative estimate of drug-likeness (QED) is 0.637. The van der Waals surface area contributed by atoms with Gasteiger partial charge in [-0.25, -0.2) is 9.78 Å². The van der Waals surface area contributed by atoms with Gasteiger partial charge >= 0.3 is 5.97 Å². The number of hydrogen-bond acceptors (Lipinski definition) is 5. The van der Waals surface area contributed by atoms with Crippen molar-refractivity contribution in [2.75, 3.05) is 0 Å². The number of halogens is 1. The molecular formula is C18H11ClN2O2S. The Morgan fingerprint density at radius 2 is 2.08 bits per heavy atom. The summed E-state index contributed by atoms with van der Waals surface area (Å²) in [5.41, 5.74) is 2.24. The van der Waals surface area contributed by atoms with E-state index in [-0.39, 0.29) is 12.3 Å². The molecule has 0 fully saturated rings. The topological polar surface area (TPSA) is 63.0 Å². The first-order valence-electron chi connectivity index (χ1n) is 7.04. The molecule has 3 rings (SSSR count). The molecule has 2 aromatic carbocycles. The van der Waals surface area contributed by atoms with E-state index in [1.165, 1.54) is 11.3 Å². The number of rotatable bonds is 4. The van der Waals surface area contributed by atoms with Crippen LogP contribution in [0.1, 0.15) is 21.6 Å². The fourth-order valence-electron chi connectivity index (χ4n) is 2.09. The minimum Gasteiger partial charge on any atom is -0.456 e. The number of esters is 1. The van der Waals surface area contributed by atoms with Gasteiger partial charge < -0.3 is 4.74 Å². The van der Waals surface area contributed by atoms with Gasteiger partial charge in [0.15, 0.2) is 5.69 Å². The van der Waals surface area contributed by atoms with Crippen LogP contribution < -0.4 is 0 Å². The van der Waals surface area contributed by atoms with Crippen LogP contribution in [0.5, 0.6) is 0 Å². The zero-order valence-corrected chi connectivity index (χ0v) is 14.0. The second-order valence-electron chi connectivity index (χ2n) is 4.89. The van der Waals surface area contributed by atoms with Crippen molar-refractivity contribution in [3.05, 3.63) is 75.8 Å². The van der Waals surface area contributed by atoms with Crippen molar-refractivity contribution in [2.45, 2.75) is 6.61 Å². The standard InChI is InChI=1S/C18H11ClN2O2S/c19-15-7-3-6-12(8-15)17-21-16(11-24-17)18(22)23-10-14-5-2-1-4-13(14)9-20/h1-8,11H,10H2. The normalized spacial score (nSPS) is 10.2. The zero-order chi connectivity index (χ0) is 16.9. The number of nitriles is 1. The third-order valence-electron chi connectivity index (χ3n) is 3.28. The van der Waals surface area contributed by atoms with Gasteiger partial charge in [0, 0.05) is 21.5 Å². The van der Waals surface area contributed by atoms with Gasteiger partial charge in [0.2, 0.25) is 0 Å². The highest BCUT2D eigenvalue weighted by Crippen LogP contribution is 2.26. The highest BCUT2D eigenvalue weighted by molar-refractivity contribution is 7.13. The third-order valence-corrected chi connectivity index (χ3v) is 4.41. The van der Waals surface area contributed by atoms with E-state index in [0.29, 0.717) is 21.2 Å². The lowest BCUT2D eigenvalue weighted by Gasteiger charge is -2.04. The first kappa shape index (κ1) is 16.2. The summed E-state index contributed by atoms with van der Waals surface area (Å²) in [5.74, 6) is -0.521. The summed E-state index contributed by atoms with van der Waals surface area (Å²) < 4.78 is 5.26. The largest absolute Gasteiger partial charge is 0.456 e. The predicted octanol–water partition coefficient (Wildman–Crippen LogP) is 4.69. The summed E-state index contributed by atoms with van der Waals surface area (Å²) >= 11 is 7.32. The molecule has 0 saturated heterocycles. The molecule has 0 aliphatic carbocycles. The van der Waals surface area contributed by atoms with Crippen LogP contribution in [0.25, 0.3) is 10.6 Å². The Labute approximate surface area is 147 Å². The number of thiazole rings is 1. The van der Waals surface area contributed by atoms with Crippen molar-refractivity contribution in [3.63, 3.8) is 0 Å². The first-order valence-corrected chi connectivity index (χ1v) is 8.30. The fourth-order valence-corrected chi connectivity index (χ4v) is 3.07. The van der Waals surface area contributed by atoms with Crippen LogP contribution in [0, 0.1) is 11.3 Å². The number of nitrogens with zero attached hydrogens (tertiary/aromatic N) is 2. The minimum absolute atomic E-state index is 0.0343. The maximum Gasteiger partial charge on any atom is 0.358 e. The molecule has 24 heavy (non-hydrogen) atoms. The van der Waals surface area contributed by atoms with Crippen molar-refractivity contribution in [2.24, 2.45) is 0 Å². The Bertz CT molecular complexity index is 931. The molecule has 3 aromatic rings. The molecule has 0 bridgehead atoms. The molecule has 1 aromatic heterocycles. The summed E-state index contributed by atoms with van der Waals surface area (Å²) in [6, 6.07) is 16.3. The van der Waals surface area contributed by atoms with E-state index in [1.54, 1.807) is 41.8 Å². The molecule has 0 atom stereocenters. The lowest BCUT2D eigenvalue weighted by Crippen LogP contribution is -2.06. The van der Waals surface area contributed by atoms with Crippen LogP contribution in [0.2, 0.25) is 5.02 Å². The zero-order valence-electron chi connectivity index (χ0n) is 12.4. The van der Waals surface area contributed by atoms with Gasteiger partial charge in [0.1, 0.15) is 11.6 Å². The molecule has 0 aliphatic rings. The number of carbonyl (C=O) groups excluding carboxylic acids is 1. The predicted molar refractivity (Wildman–Crippen MR) is 92.8 cm³/mol. The fraction of sp³-hybridized carbons (Fsp3) is 0.0556. The maximum atomic E-state index is 12.1. The Kier molecular flexibility index (Phi) is 4.90. The third kappa shape index (κ3) is 3.62. The first-order chi connectivity index (χ1) is 11.7. The van der Waals surface area contributed by atoms with Crippen molar-refractivity contribution >= 4 is 28.9 Å². The van der Waals surface area contributed by atoms with Crippen LogP contribution in [-0.4, -0.2) is 11.0 Å². The van der Waals surface area contributed by atoms with Crippen LogP contribution in [0.15, 0.2) is 53.9 Å². The van der Waals surface area contributed by atoms with Gasteiger partial charge in [0.25, 0.3) is 0 Å². The molecule has 0 unspecified atom stereocenters. The van der Waals surface area contributed by atoms with Crippen molar-refractivity contribution in [1.82, 2.24) is 4.98 Å². The van der Waals surface area contributed by atoms with Gasteiger partial charge in [-0.1, -0.05) is 41.9 Å². The number of aromatic nitrogens is 1. The SMILES string of the molecule is N#Cc1ccccc1COC(=O)c1csc(-c2cccc(Cl)c2)n1. The Hall–Kier alpha value is -2.68. The molecule has 6 heteroatoms. The maximum absolute atomic E-state index is 12.1. The summed E-state index contributed by atoms with van der Waals surface area (Å²) in [5, 5.41) is 12.0. The number of carbonyl (C=O) groups is 1. The van der Waals surface area contributed by atoms with E-state index in [9.17, 15) is 4.79 Å². The summed E-state index contributed by atoms with van der Waals surface area (Å²) in [4.78, 5) is 16.4. The van der Waals surface area contributed by atoms with E-state index in [1.807, 2.05) is 12.1 Å². The monoisotopic (exact) mass is 354 g/mol. The van der Waals surface area contributed by atoms with Crippen LogP contribution in [0.4, 0.5) is 0 Å². The highest BCUT2D eigenvalue weighted by Gasteiger charge is 2.14. The smallest absolute Gasteiger partial charge is 0.358 e. The average molecular weight is 355 g/mol. The second-order valence-corrected chi connectivity index (χ2v) is 6.19. The van der Waals surface area contributed by atoms with Crippen molar-refractivity contribution < 1.29 is 9.53 Å². The Morgan fingerprint density at radius 1 is 1.25 bits per heavy atom. The molecule has 0 radical (unpaired) electrons. The van der Waals surface area contributed by atoms with Crippen LogP contribution in [0.3, 0.4) is 0 Å². The molecule has 0 aliphatic heterocycles. The van der Waals surface area contributed by atoms with Crippen molar-refractivity contribution in [1.29, 1.82) is 5.26 Å². The van der Waals surface area contributed by atoms with Gasteiger partial charge in [-0.15, -0.1) is 11.3 Å². The van der Waals surface area contributed by atoms with Gasteiger partial charge in [-0.3, -0.25) is 0 Å². The highest BCUT2D eigenvalue weighted by atomic mass is 35.5. The summed E-state index contributed by atoms with van der Waals surface area (Å²) in [7, 11) is 0. The molecule has 4 nitrogen and oxygen atoms in total. The summed E-state index contributed by atoms with van der Waals surface area (Å²) in [6.45, 7) is 0.0343. The molecule has 1 heterocycles. The lowest BCUT2D eigenvalue weighted by atomic mass is 10.1. The molecule has 118 valence electrons. The minimum atomic E-state index is -0.521. The molecular weight excluding hydrogens is 344 g/mol. The average Bonchev–Trinajstić information content (AvgIpc) is 3.10. The van der Waals surface area contributed by atoms with E-state index >= 15 is 0 Å². The van der Waals surface area contributed by atoms with Crippen LogP contribution in [-0.2, 0) is 11.3 Å². The summed E-state index contributed by atoms with van der Waals surface area (Å²) in [6.07, 6.45) is 0. The number of benzene rings is 2. The van der Waals surface area contributed by atoms with Gasteiger partial charge in [0.05, 0.1) is 11.6 Å². The number of ether oxygens (including phenoxy) is 1. The molecule has 0 amide bonds.